The molecule has 0 saturated carbocycles. The molecule has 3 aromatic carbocycles. The van der Waals surface area contributed by atoms with E-state index < -0.39 is 11.9 Å². The topological polar surface area (TPSA) is 95.9 Å². The first-order valence-corrected chi connectivity index (χ1v) is 9.32. The molecule has 3 aromatic rings. The maximum Gasteiger partial charge on any atom is 0.335 e. The van der Waals surface area contributed by atoms with Crippen molar-refractivity contribution in [2.24, 2.45) is 0 Å². The third-order valence-corrected chi connectivity index (χ3v) is 4.53. The molecule has 3 N–H and O–H groups in total. The fourth-order valence-electron chi connectivity index (χ4n) is 2.57. The van der Waals surface area contributed by atoms with Crippen molar-refractivity contribution >= 4 is 35.2 Å². The molecule has 7 heteroatoms. The molecule has 0 spiro atoms. The van der Waals surface area contributed by atoms with E-state index in [0.717, 1.165) is 11.1 Å². The Balaban J connectivity index is 1.58. The Kier molecular flexibility index (Phi) is 6.72. The zero-order chi connectivity index (χ0) is 21.5. The molecule has 0 bridgehead atoms. The Bertz CT molecular complexity index is 1090. The molecule has 0 fully saturated rings. The van der Waals surface area contributed by atoms with Crippen molar-refractivity contribution in [2.75, 3.05) is 5.32 Å². The Hall–Kier alpha value is -3.77. The summed E-state index contributed by atoms with van der Waals surface area (Å²) in [5.74, 6) is -1.22. The highest BCUT2D eigenvalue weighted by molar-refractivity contribution is 6.31. The lowest BCUT2D eigenvalue weighted by atomic mass is 10.1. The fourth-order valence-corrected chi connectivity index (χ4v) is 2.76. The minimum atomic E-state index is -1.15. The highest BCUT2D eigenvalue weighted by Gasteiger charge is 2.09. The first kappa shape index (κ1) is 21.0. The average Bonchev–Trinajstić information content (AvgIpc) is 2.74. The van der Waals surface area contributed by atoms with Gasteiger partial charge in [-0.25, -0.2) is 4.79 Å². The number of hydrogen-bond donors (Lipinski definition) is 3. The molecule has 0 aliphatic rings. The summed E-state index contributed by atoms with van der Waals surface area (Å²) in [7, 11) is 0. The predicted molar refractivity (Wildman–Crippen MR) is 115 cm³/mol. The summed E-state index contributed by atoms with van der Waals surface area (Å²) in [6.45, 7) is 0.343. The number of amides is 1. The normalized spacial score (nSPS) is 10.7. The summed E-state index contributed by atoms with van der Waals surface area (Å²) < 4.78 is 5.71. The third-order valence-electron chi connectivity index (χ3n) is 4.16. The van der Waals surface area contributed by atoms with Crippen molar-refractivity contribution in [3.8, 4) is 11.5 Å². The Morgan fingerprint density at radius 3 is 2.47 bits per heavy atom. The van der Waals surface area contributed by atoms with Crippen molar-refractivity contribution in [2.45, 2.75) is 6.61 Å². The molecule has 6 nitrogen and oxygen atoms in total. The second kappa shape index (κ2) is 9.62. The van der Waals surface area contributed by atoms with Crippen molar-refractivity contribution in [1.29, 1.82) is 0 Å². The van der Waals surface area contributed by atoms with Crippen LogP contribution >= 0.6 is 11.6 Å². The number of benzene rings is 3. The number of ether oxygens (including phenoxy) is 1. The van der Waals surface area contributed by atoms with Gasteiger partial charge in [0.15, 0.2) is 0 Å². The Labute approximate surface area is 178 Å². The van der Waals surface area contributed by atoms with Gasteiger partial charge in [-0.1, -0.05) is 41.9 Å². The van der Waals surface area contributed by atoms with E-state index in [1.54, 1.807) is 36.4 Å². The number of anilines is 1. The van der Waals surface area contributed by atoms with Crippen LogP contribution < -0.4 is 10.1 Å². The predicted octanol–water partition coefficient (Wildman–Crippen LogP) is 4.97. The van der Waals surface area contributed by atoms with Gasteiger partial charge in [0, 0.05) is 16.7 Å². The number of carbonyl (C=O) groups is 2. The van der Waals surface area contributed by atoms with Gasteiger partial charge in [0.05, 0.1) is 11.3 Å². The molecule has 1 amide bonds. The molecule has 0 aliphatic heterocycles. The lowest BCUT2D eigenvalue weighted by molar-refractivity contribution is -0.111. The fraction of sp³-hybridized carbons (Fsp3) is 0.0435. The van der Waals surface area contributed by atoms with Crippen molar-refractivity contribution < 1.29 is 24.5 Å². The summed E-state index contributed by atoms with van der Waals surface area (Å²) in [6, 6.07) is 18.2. The summed E-state index contributed by atoms with van der Waals surface area (Å²) in [6.07, 6.45) is 2.87. The van der Waals surface area contributed by atoms with E-state index >= 15 is 0 Å². The molecule has 0 radical (unpaired) electrons. The van der Waals surface area contributed by atoms with Crippen LogP contribution in [0.15, 0.2) is 72.8 Å². The smallest absolute Gasteiger partial charge is 0.335 e. The zero-order valence-electron chi connectivity index (χ0n) is 15.7. The highest BCUT2D eigenvalue weighted by atomic mass is 35.5. The largest absolute Gasteiger partial charge is 0.506 e. The van der Waals surface area contributed by atoms with Crippen molar-refractivity contribution in [1.82, 2.24) is 0 Å². The van der Waals surface area contributed by atoms with Crippen LogP contribution in [0.1, 0.15) is 21.5 Å². The number of halogens is 1. The van der Waals surface area contributed by atoms with E-state index in [2.05, 4.69) is 5.32 Å². The number of phenolic OH excluding ortho intramolecular Hbond substituents is 1. The molecular weight excluding hydrogens is 406 g/mol. The molecule has 152 valence electrons. The molecule has 0 heterocycles. The van der Waals surface area contributed by atoms with Crippen LogP contribution in [-0.2, 0) is 11.4 Å². The van der Waals surface area contributed by atoms with Gasteiger partial charge in [-0.05, 0) is 48.0 Å². The highest BCUT2D eigenvalue weighted by Crippen LogP contribution is 2.24. The number of phenols is 1. The van der Waals surface area contributed by atoms with Crippen LogP contribution in [0.2, 0.25) is 5.02 Å². The van der Waals surface area contributed by atoms with E-state index in [0.29, 0.717) is 17.4 Å². The van der Waals surface area contributed by atoms with Gasteiger partial charge in [-0.3, -0.25) is 4.79 Å². The molecule has 0 unspecified atom stereocenters. The third kappa shape index (κ3) is 5.62. The molecule has 0 atom stereocenters. The first-order chi connectivity index (χ1) is 14.4. The van der Waals surface area contributed by atoms with Gasteiger partial charge < -0.3 is 20.3 Å². The van der Waals surface area contributed by atoms with Crippen LogP contribution in [0.5, 0.6) is 11.5 Å². The quantitative estimate of drug-likeness (QED) is 0.368. The van der Waals surface area contributed by atoms with Gasteiger partial charge in [0.1, 0.15) is 18.1 Å². The number of aromatic hydroxyl groups is 1. The van der Waals surface area contributed by atoms with Crippen molar-refractivity contribution in [3.63, 3.8) is 0 Å². The van der Waals surface area contributed by atoms with Crippen LogP contribution in [-0.4, -0.2) is 22.1 Å². The first-order valence-electron chi connectivity index (χ1n) is 8.94. The van der Waals surface area contributed by atoms with Gasteiger partial charge >= 0.3 is 5.97 Å². The van der Waals surface area contributed by atoms with Crippen LogP contribution in [0.3, 0.4) is 0 Å². The summed E-state index contributed by atoms with van der Waals surface area (Å²) in [5.41, 5.74) is 1.63. The monoisotopic (exact) mass is 423 g/mol. The molecule has 3 rings (SSSR count). The standard InChI is InChI=1S/C23H18ClNO5/c24-19-4-2-1-3-17(19)14-30-18-9-5-15(6-10-18)7-12-22(27)25-20-13-16(23(28)29)8-11-21(20)26/h1-13,26H,14H2,(H,25,27)(H,28,29)/b12-7+. The van der Waals surface area contributed by atoms with Gasteiger partial charge in [0.25, 0.3) is 0 Å². The molecular formula is C23H18ClNO5. The van der Waals surface area contributed by atoms with E-state index in [9.17, 15) is 14.7 Å². The molecule has 30 heavy (non-hydrogen) atoms. The van der Waals surface area contributed by atoms with Gasteiger partial charge in [-0.2, -0.15) is 0 Å². The Morgan fingerprint density at radius 1 is 1.03 bits per heavy atom. The number of carbonyl (C=O) groups excluding carboxylic acids is 1. The van der Waals surface area contributed by atoms with E-state index in [1.165, 1.54) is 24.3 Å². The van der Waals surface area contributed by atoms with Gasteiger partial charge in [-0.15, -0.1) is 0 Å². The van der Waals surface area contributed by atoms with E-state index in [1.807, 2.05) is 18.2 Å². The number of aromatic carboxylic acids is 1. The number of hydrogen-bond acceptors (Lipinski definition) is 4. The van der Waals surface area contributed by atoms with E-state index in [-0.39, 0.29) is 17.0 Å². The minimum absolute atomic E-state index is 0.0212. The maximum absolute atomic E-state index is 12.1. The average molecular weight is 424 g/mol. The lowest BCUT2D eigenvalue weighted by Crippen LogP contribution is -2.09. The molecule has 0 aliphatic carbocycles. The van der Waals surface area contributed by atoms with E-state index in [4.69, 9.17) is 21.4 Å². The minimum Gasteiger partial charge on any atom is -0.506 e. The number of carboxylic acid groups (broad SMARTS) is 1. The van der Waals surface area contributed by atoms with Crippen molar-refractivity contribution in [3.05, 3.63) is 94.5 Å². The van der Waals surface area contributed by atoms with Gasteiger partial charge in [0.2, 0.25) is 5.91 Å². The number of nitrogens with one attached hydrogen (secondary N) is 1. The van der Waals surface area contributed by atoms with Crippen LogP contribution in [0.4, 0.5) is 5.69 Å². The summed E-state index contributed by atoms with van der Waals surface area (Å²) in [4.78, 5) is 23.1. The maximum atomic E-state index is 12.1. The van der Waals surface area contributed by atoms with Crippen LogP contribution in [0, 0.1) is 0 Å². The Morgan fingerprint density at radius 2 is 1.77 bits per heavy atom. The zero-order valence-corrected chi connectivity index (χ0v) is 16.5. The van der Waals surface area contributed by atoms with Crippen LogP contribution in [0.25, 0.3) is 6.08 Å². The number of rotatable bonds is 7. The lowest BCUT2D eigenvalue weighted by Gasteiger charge is -2.08. The second-order valence-electron chi connectivity index (χ2n) is 6.31. The molecule has 0 saturated heterocycles. The molecule has 0 aromatic heterocycles. The number of carboxylic acids is 1. The SMILES string of the molecule is O=C(/C=C/c1ccc(OCc2ccccc2Cl)cc1)Nc1cc(C(=O)O)ccc1O. The second-order valence-corrected chi connectivity index (χ2v) is 6.72. The summed E-state index contributed by atoms with van der Waals surface area (Å²) in [5, 5.41) is 21.9. The summed E-state index contributed by atoms with van der Waals surface area (Å²) >= 11 is 6.11.